The van der Waals surface area contributed by atoms with E-state index in [-0.39, 0.29) is 35.1 Å². The van der Waals surface area contributed by atoms with Gasteiger partial charge in [0, 0.05) is 5.69 Å². The van der Waals surface area contributed by atoms with Crippen LogP contribution >= 0.6 is 0 Å². The number of anilines is 1. The van der Waals surface area contributed by atoms with Crippen molar-refractivity contribution in [2.24, 2.45) is 0 Å². The quantitative estimate of drug-likeness (QED) is 0.468. The van der Waals surface area contributed by atoms with Gasteiger partial charge in [-0.3, -0.25) is 9.59 Å². The standard InChI is InChI=1S/C9H10N2O3.Na.H/c10-7-4-2-1-3-6(7)9(14)11-5-8(12)13;;/h1-4H,5,10H2,(H,11,14)(H,12,13);;. The summed E-state index contributed by atoms with van der Waals surface area (Å²) in [7, 11) is 0. The van der Waals surface area contributed by atoms with E-state index in [1.54, 1.807) is 18.2 Å². The number of nitrogen functional groups attached to an aromatic ring is 1. The summed E-state index contributed by atoms with van der Waals surface area (Å²) in [4.78, 5) is 21.5. The van der Waals surface area contributed by atoms with Crippen LogP contribution in [0.25, 0.3) is 0 Å². The van der Waals surface area contributed by atoms with Crippen LogP contribution in [0.5, 0.6) is 0 Å². The summed E-state index contributed by atoms with van der Waals surface area (Å²) in [5, 5.41) is 10.6. The molecule has 76 valence electrons. The van der Waals surface area contributed by atoms with Crippen LogP contribution in [0.2, 0.25) is 0 Å². The van der Waals surface area contributed by atoms with E-state index in [4.69, 9.17) is 10.8 Å². The first kappa shape index (κ1) is 14.0. The predicted octanol–water partition coefficient (Wildman–Crippen LogP) is -0.565. The average Bonchev–Trinajstić information content (AvgIpc) is 2.15. The Hall–Kier alpha value is -1.04. The van der Waals surface area contributed by atoms with Crippen molar-refractivity contribution in [1.82, 2.24) is 5.32 Å². The van der Waals surface area contributed by atoms with Gasteiger partial charge in [0.25, 0.3) is 5.91 Å². The Bertz CT molecular complexity index is 368. The fourth-order valence-corrected chi connectivity index (χ4v) is 0.955. The molecule has 0 aliphatic heterocycles. The monoisotopic (exact) mass is 218 g/mol. The van der Waals surface area contributed by atoms with Gasteiger partial charge < -0.3 is 16.2 Å². The van der Waals surface area contributed by atoms with Gasteiger partial charge in [-0.05, 0) is 12.1 Å². The zero-order valence-corrected chi connectivity index (χ0v) is 7.36. The molecule has 0 spiro atoms. The van der Waals surface area contributed by atoms with Gasteiger partial charge in [-0.15, -0.1) is 0 Å². The van der Waals surface area contributed by atoms with Crippen LogP contribution in [0, 0.1) is 0 Å². The number of amides is 1. The third-order valence-corrected chi connectivity index (χ3v) is 1.61. The molecule has 1 rings (SSSR count). The Kier molecular flexibility index (Phi) is 6.00. The second kappa shape index (κ2) is 6.44. The molecule has 1 amide bonds. The minimum absolute atomic E-state index is 0. The third kappa shape index (κ3) is 4.33. The minimum atomic E-state index is -1.09. The number of hydrogen-bond donors (Lipinski definition) is 3. The summed E-state index contributed by atoms with van der Waals surface area (Å²) < 4.78 is 0. The van der Waals surface area contributed by atoms with Crippen LogP contribution in [0.4, 0.5) is 5.69 Å². The Morgan fingerprint density at radius 1 is 1.33 bits per heavy atom. The molecule has 0 heterocycles. The normalized spacial score (nSPS) is 8.80. The fourth-order valence-electron chi connectivity index (χ4n) is 0.955. The summed E-state index contributed by atoms with van der Waals surface area (Å²) in [6, 6.07) is 6.47. The van der Waals surface area contributed by atoms with E-state index >= 15 is 0 Å². The Balaban J connectivity index is 0.00000196. The van der Waals surface area contributed by atoms with E-state index in [1.807, 2.05) is 0 Å². The van der Waals surface area contributed by atoms with Crippen molar-refractivity contribution in [2.45, 2.75) is 0 Å². The van der Waals surface area contributed by atoms with Crippen molar-refractivity contribution in [3.63, 3.8) is 0 Å². The summed E-state index contributed by atoms with van der Waals surface area (Å²) in [5.41, 5.74) is 6.13. The molecule has 15 heavy (non-hydrogen) atoms. The summed E-state index contributed by atoms with van der Waals surface area (Å²) in [5.74, 6) is -1.57. The van der Waals surface area contributed by atoms with Crippen molar-refractivity contribution in [3.8, 4) is 0 Å². The summed E-state index contributed by atoms with van der Waals surface area (Å²) >= 11 is 0. The number of hydrogen-bond acceptors (Lipinski definition) is 3. The molecule has 0 bridgehead atoms. The van der Waals surface area contributed by atoms with Crippen LogP contribution in [-0.4, -0.2) is 53.1 Å². The molecular formula is C9H11N2NaO3. The van der Waals surface area contributed by atoms with Gasteiger partial charge in [0.15, 0.2) is 0 Å². The van der Waals surface area contributed by atoms with Crippen LogP contribution < -0.4 is 11.1 Å². The second-order valence-corrected chi connectivity index (χ2v) is 2.66. The number of benzene rings is 1. The third-order valence-electron chi connectivity index (χ3n) is 1.61. The molecule has 6 heteroatoms. The molecule has 0 aromatic heterocycles. The van der Waals surface area contributed by atoms with E-state index in [1.165, 1.54) is 6.07 Å². The zero-order valence-electron chi connectivity index (χ0n) is 7.36. The number of carbonyl (C=O) groups excluding carboxylic acids is 1. The van der Waals surface area contributed by atoms with E-state index in [0.717, 1.165) is 0 Å². The fraction of sp³-hybridized carbons (Fsp3) is 0.111. The molecule has 4 N–H and O–H groups in total. The van der Waals surface area contributed by atoms with Gasteiger partial charge in [-0.2, -0.15) is 0 Å². The summed E-state index contributed by atoms with van der Waals surface area (Å²) in [6.07, 6.45) is 0. The van der Waals surface area contributed by atoms with E-state index in [0.29, 0.717) is 5.69 Å². The molecule has 0 saturated carbocycles. The van der Waals surface area contributed by atoms with Crippen LogP contribution in [0.3, 0.4) is 0 Å². The molecule has 5 nitrogen and oxygen atoms in total. The van der Waals surface area contributed by atoms with Crippen molar-refractivity contribution in [1.29, 1.82) is 0 Å². The molecule has 0 aliphatic rings. The topological polar surface area (TPSA) is 92.4 Å². The number of carboxylic acid groups (broad SMARTS) is 1. The van der Waals surface area contributed by atoms with Gasteiger partial charge in [0.1, 0.15) is 6.54 Å². The second-order valence-electron chi connectivity index (χ2n) is 2.66. The Morgan fingerprint density at radius 3 is 2.47 bits per heavy atom. The first-order chi connectivity index (χ1) is 6.61. The van der Waals surface area contributed by atoms with Gasteiger partial charge in [0.2, 0.25) is 0 Å². The maximum absolute atomic E-state index is 11.3. The number of nitrogens with two attached hydrogens (primary N) is 1. The Morgan fingerprint density at radius 2 is 1.93 bits per heavy atom. The van der Waals surface area contributed by atoms with E-state index in [2.05, 4.69) is 5.32 Å². The number of aliphatic carboxylic acids is 1. The van der Waals surface area contributed by atoms with E-state index in [9.17, 15) is 9.59 Å². The predicted molar refractivity (Wildman–Crippen MR) is 58.0 cm³/mol. The van der Waals surface area contributed by atoms with E-state index < -0.39 is 18.4 Å². The number of nitrogens with one attached hydrogen (secondary N) is 1. The van der Waals surface area contributed by atoms with Crippen molar-refractivity contribution in [2.75, 3.05) is 12.3 Å². The molecule has 0 unspecified atom stereocenters. The SMILES string of the molecule is Nc1ccccc1C(=O)NCC(=O)O.[NaH]. The molecule has 0 radical (unpaired) electrons. The molecular weight excluding hydrogens is 207 g/mol. The number of rotatable bonds is 3. The molecule has 1 aromatic rings. The van der Waals surface area contributed by atoms with Crippen molar-refractivity contribution in [3.05, 3.63) is 29.8 Å². The molecule has 0 fully saturated rings. The zero-order chi connectivity index (χ0) is 10.6. The van der Waals surface area contributed by atoms with Crippen LogP contribution in [0.1, 0.15) is 10.4 Å². The molecule has 0 aliphatic carbocycles. The van der Waals surface area contributed by atoms with Gasteiger partial charge in [-0.1, -0.05) is 12.1 Å². The first-order valence-corrected chi connectivity index (χ1v) is 3.95. The number of carbonyl (C=O) groups is 2. The van der Waals surface area contributed by atoms with Crippen molar-refractivity contribution < 1.29 is 14.7 Å². The van der Waals surface area contributed by atoms with Crippen molar-refractivity contribution >= 4 is 47.1 Å². The van der Waals surface area contributed by atoms with Gasteiger partial charge >= 0.3 is 35.5 Å². The number of para-hydroxylation sites is 1. The Labute approximate surface area is 109 Å². The van der Waals surface area contributed by atoms with Gasteiger partial charge in [-0.25, -0.2) is 0 Å². The van der Waals surface area contributed by atoms with Crippen LogP contribution in [0.15, 0.2) is 24.3 Å². The number of carboxylic acids is 1. The molecule has 1 aromatic carbocycles. The van der Waals surface area contributed by atoms with Gasteiger partial charge in [0.05, 0.1) is 5.56 Å². The molecule has 0 atom stereocenters. The summed E-state index contributed by atoms with van der Waals surface area (Å²) in [6.45, 7) is -0.410. The maximum atomic E-state index is 11.3. The van der Waals surface area contributed by atoms with Crippen LogP contribution in [-0.2, 0) is 4.79 Å². The average molecular weight is 218 g/mol. The first-order valence-electron chi connectivity index (χ1n) is 3.95. The molecule has 0 saturated heterocycles.